The molecule has 0 amide bonds. The summed E-state index contributed by atoms with van der Waals surface area (Å²) in [6.45, 7) is 2.37. The number of nitrogens with one attached hydrogen (secondary N) is 1. The first-order valence-electron chi connectivity index (χ1n) is 9.44. The third-order valence-corrected chi connectivity index (χ3v) is 5.91. The van der Waals surface area contributed by atoms with Crippen LogP contribution in [0.3, 0.4) is 0 Å². The Morgan fingerprint density at radius 2 is 2.00 bits per heavy atom. The maximum atomic E-state index is 14.3. The Morgan fingerprint density at radius 3 is 2.63 bits per heavy atom. The molecule has 27 heavy (non-hydrogen) atoms. The first kappa shape index (κ1) is 18.3. The number of hydrogen-bond acceptors (Lipinski definition) is 4. The number of halogens is 1. The first-order chi connectivity index (χ1) is 13.1. The summed E-state index contributed by atoms with van der Waals surface area (Å²) in [5, 5.41) is 4.69. The van der Waals surface area contributed by atoms with Crippen molar-refractivity contribution in [1.82, 2.24) is 14.3 Å². The van der Waals surface area contributed by atoms with Gasteiger partial charge in [-0.2, -0.15) is 4.68 Å². The highest BCUT2D eigenvalue weighted by Crippen LogP contribution is 2.38. The average molecular weight is 391 g/mol. The molecule has 1 aromatic heterocycles. The van der Waals surface area contributed by atoms with Crippen molar-refractivity contribution in [3.8, 4) is 11.4 Å². The van der Waals surface area contributed by atoms with Gasteiger partial charge >= 0.3 is 5.97 Å². The summed E-state index contributed by atoms with van der Waals surface area (Å²) in [7, 11) is 1.44. The zero-order valence-electron chi connectivity index (χ0n) is 15.4. The number of hydrogen-bond donors (Lipinski definition) is 1. The zero-order valence-corrected chi connectivity index (χ0v) is 16.2. The molecule has 8 heteroatoms. The number of carbonyl (C=O) groups excluding carboxylic acids is 1. The molecule has 4 rings (SSSR count). The van der Waals surface area contributed by atoms with Crippen molar-refractivity contribution < 1.29 is 18.8 Å². The summed E-state index contributed by atoms with van der Waals surface area (Å²) in [5.41, 5.74) is 0.494. The zero-order chi connectivity index (χ0) is 19.0. The van der Waals surface area contributed by atoms with E-state index in [1.165, 1.54) is 18.1 Å². The lowest BCUT2D eigenvalue weighted by Crippen LogP contribution is -3.12. The van der Waals surface area contributed by atoms with Gasteiger partial charge in [0.15, 0.2) is 12.5 Å². The highest BCUT2D eigenvalue weighted by Gasteiger charge is 2.32. The minimum Gasteiger partial charge on any atom is -0.469 e. The smallest absolute Gasteiger partial charge is 0.309 e. The van der Waals surface area contributed by atoms with Gasteiger partial charge in [-0.15, -0.1) is 5.10 Å². The quantitative estimate of drug-likeness (QED) is 0.626. The minimum atomic E-state index is -0.280. The highest BCUT2D eigenvalue weighted by molar-refractivity contribution is 7.71. The van der Waals surface area contributed by atoms with Gasteiger partial charge in [0.05, 0.1) is 31.7 Å². The predicted molar refractivity (Wildman–Crippen MR) is 100 cm³/mol. The number of methoxy groups -OCH3 is 1. The number of aromatic nitrogens is 3. The summed E-state index contributed by atoms with van der Waals surface area (Å²) in [4.78, 5) is 13.0. The second-order valence-electron chi connectivity index (χ2n) is 7.39. The molecule has 1 N–H and O–H groups in total. The lowest BCUT2D eigenvalue weighted by atomic mass is 9.97. The van der Waals surface area contributed by atoms with Crippen molar-refractivity contribution in [1.29, 1.82) is 0 Å². The van der Waals surface area contributed by atoms with Crippen LogP contribution in [0.5, 0.6) is 0 Å². The van der Waals surface area contributed by atoms with Crippen LogP contribution < -0.4 is 4.90 Å². The molecule has 144 valence electrons. The molecule has 1 saturated heterocycles. The maximum absolute atomic E-state index is 14.3. The van der Waals surface area contributed by atoms with Gasteiger partial charge in [0.2, 0.25) is 4.77 Å². The lowest BCUT2D eigenvalue weighted by Gasteiger charge is -2.27. The molecule has 0 atom stereocenters. The van der Waals surface area contributed by atoms with E-state index in [4.69, 9.17) is 17.0 Å². The van der Waals surface area contributed by atoms with E-state index in [9.17, 15) is 9.18 Å². The SMILES string of the molecule is COC(=O)C1CC[NH+](Cn2nc(-c3ccccc3F)n(C3CC3)c2=S)CC1. The predicted octanol–water partition coefficient (Wildman–Crippen LogP) is 1.98. The lowest BCUT2D eigenvalue weighted by molar-refractivity contribution is -0.929. The molecule has 0 bridgehead atoms. The number of piperidine rings is 1. The van der Waals surface area contributed by atoms with E-state index in [0.29, 0.717) is 28.9 Å². The molecular formula is C19H24FN4O2S+. The van der Waals surface area contributed by atoms with Crippen molar-refractivity contribution in [2.24, 2.45) is 5.92 Å². The second-order valence-corrected chi connectivity index (χ2v) is 7.76. The van der Waals surface area contributed by atoms with Gasteiger partial charge in [-0.1, -0.05) is 12.1 Å². The molecule has 6 nitrogen and oxygen atoms in total. The Hall–Kier alpha value is -2.06. The van der Waals surface area contributed by atoms with Gasteiger partial charge in [0.25, 0.3) is 0 Å². The molecule has 1 saturated carbocycles. The van der Waals surface area contributed by atoms with Crippen molar-refractivity contribution in [2.75, 3.05) is 20.2 Å². The van der Waals surface area contributed by atoms with Crippen molar-refractivity contribution in [3.05, 3.63) is 34.9 Å². The number of esters is 1. The molecule has 1 aromatic carbocycles. The summed E-state index contributed by atoms with van der Waals surface area (Å²) in [5.74, 6) is 0.206. The first-order valence-corrected chi connectivity index (χ1v) is 9.85. The Kier molecular flexibility index (Phi) is 5.10. The van der Waals surface area contributed by atoms with Crippen LogP contribution in [-0.2, 0) is 16.2 Å². The molecular weight excluding hydrogens is 367 g/mol. The third kappa shape index (κ3) is 3.68. The van der Waals surface area contributed by atoms with Crippen LogP contribution in [0.1, 0.15) is 31.7 Å². The number of ether oxygens (including phenoxy) is 1. The van der Waals surface area contributed by atoms with E-state index < -0.39 is 0 Å². The summed E-state index contributed by atoms with van der Waals surface area (Å²) in [6, 6.07) is 7.03. The highest BCUT2D eigenvalue weighted by atomic mass is 32.1. The second kappa shape index (κ2) is 7.52. The number of nitrogens with zero attached hydrogens (tertiary/aromatic N) is 3. The molecule has 1 aliphatic carbocycles. The van der Waals surface area contributed by atoms with Crippen molar-refractivity contribution in [2.45, 2.75) is 38.4 Å². The summed E-state index contributed by atoms with van der Waals surface area (Å²) < 4.78 is 23.7. The topological polar surface area (TPSA) is 53.5 Å². The largest absolute Gasteiger partial charge is 0.469 e. The van der Waals surface area contributed by atoms with Gasteiger partial charge in [0, 0.05) is 18.9 Å². The molecule has 2 aliphatic rings. The number of quaternary nitrogens is 1. The van der Waals surface area contributed by atoms with Gasteiger partial charge < -0.3 is 9.64 Å². The van der Waals surface area contributed by atoms with Crippen LogP contribution in [0.15, 0.2) is 24.3 Å². The van der Waals surface area contributed by atoms with E-state index in [-0.39, 0.29) is 17.7 Å². The molecule has 0 unspecified atom stereocenters. The van der Waals surface area contributed by atoms with E-state index in [1.54, 1.807) is 12.1 Å². The van der Waals surface area contributed by atoms with E-state index >= 15 is 0 Å². The maximum Gasteiger partial charge on any atom is 0.309 e. The fraction of sp³-hybridized carbons (Fsp3) is 0.526. The molecule has 1 aliphatic heterocycles. The molecule has 0 spiro atoms. The monoisotopic (exact) mass is 391 g/mol. The Bertz CT molecular complexity index is 897. The fourth-order valence-electron chi connectivity index (χ4n) is 3.81. The molecule has 0 radical (unpaired) electrons. The number of benzene rings is 1. The standard InChI is InChI=1S/C19H23FN4O2S/c1-26-18(25)13-8-10-22(11-9-13)12-23-19(27)24(14-6-7-14)17(21-23)15-4-2-3-5-16(15)20/h2-5,13-14H,6-12H2,1H3/p+1. The fourth-order valence-corrected chi connectivity index (χ4v) is 4.15. The minimum absolute atomic E-state index is 0.00952. The molecule has 2 fully saturated rings. The van der Waals surface area contributed by atoms with Crippen LogP contribution in [0, 0.1) is 16.5 Å². The van der Waals surface area contributed by atoms with E-state index in [0.717, 1.165) is 38.8 Å². The Morgan fingerprint density at radius 1 is 1.30 bits per heavy atom. The molecule has 2 heterocycles. The van der Waals surface area contributed by atoms with Crippen LogP contribution in [-0.4, -0.2) is 40.5 Å². The normalized spacial score (nSPS) is 22.6. The van der Waals surface area contributed by atoms with Crippen LogP contribution in [0.2, 0.25) is 0 Å². The summed E-state index contributed by atoms with van der Waals surface area (Å²) >= 11 is 5.68. The van der Waals surface area contributed by atoms with Gasteiger partial charge in [-0.25, -0.2) is 4.39 Å². The number of carbonyl (C=O) groups is 1. The van der Waals surface area contributed by atoms with Crippen LogP contribution in [0.4, 0.5) is 4.39 Å². The average Bonchev–Trinajstić information content (AvgIpc) is 3.47. The van der Waals surface area contributed by atoms with Gasteiger partial charge in [-0.05, 0) is 37.2 Å². The summed E-state index contributed by atoms with van der Waals surface area (Å²) in [6.07, 6.45) is 3.72. The third-order valence-electron chi connectivity index (χ3n) is 5.50. The number of likely N-dealkylation sites (tertiary alicyclic amines) is 1. The van der Waals surface area contributed by atoms with Crippen LogP contribution >= 0.6 is 12.2 Å². The van der Waals surface area contributed by atoms with Crippen molar-refractivity contribution >= 4 is 18.2 Å². The van der Waals surface area contributed by atoms with Gasteiger partial charge in [0.1, 0.15) is 5.82 Å². The number of rotatable bonds is 5. The Balaban J connectivity index is 1.56. The van der Waals surface area contributed by atoms with E-state index in [2.05, 4.69) is 5.10 Å². The Labute approximate surface area is 162 Å². The van der Waals surface area contributed by atoms with Crippen LogP contribution in [0.25, 0.3) is 11.4 Å². The molecule has 2 aromatic rings. The van der Waals surface area contributed by atoms with Gasteiger partial charge in [-0.3, -0.25) is 9.36 Å². The van der Waals surface area contributed by atoms with Crippen molar-refractivity contribution in [3.63, 3.8) is 0 Å². The van der Waals surface area contributed by atoms with E-state index in [1.807, 2.05) is 15.3 Å².